The Morgan fingerprint density at radius 3 is 2.35 bits per heavy atom. The molecule has 1 aromatic carbocycles. The second-order valence-electron chi connectivity index (χ2n) is 4.59. The fourth-order valence-corrected chi connectivity index (χ4v) is 1.67. The summed E-state index contributed by atoms with van der Waals surface area (Å²) in [7, 11) is 4.91. The Balaban J connectivity index is 0.000000772. The zero-order chi connectivity index (χ0) is 19.8. The lowest BCUT2D eigenvalue weighted by Gasteiger charge is -2.07. The van der Waals surface area contributed by atoms with Gasteiger partial charge in [-0.1, -0.05) is 5.22 Å². The van der Waals surface area contributed by atoms with Gasteiger partial charge in [0.15, 0.2) is 0 Å². The van der Waals surface area contributed by atoms with E-state index in [9.17, 15) is 4.39 Å². The molecule has 0 aliphatic carbocycles. The predicted molar refractivity (Wildman–Crippen MR) is 103 cm³/mol. The van der Waals surface area contributed by atoms with Crippen LogP contribution in [0.2, 0.25) is 0 Å². The standard InChI is InChI=1S/C14H16FN3O.C2H5N3.CH5N/c1-18-7-6-14(17-18)12-2-4-13(5-3-12)19-10-11(8-15)9-16;1-3-5-4-2;1-2/h2-8H,9-10,16H2,1H3;1H2,2H3;2H2,1H3/b11-8+;;. The van der Waals surface area contributed by atoms with Crippen LogP contribution in [0.15, 0.2) is 63.9 Å². The molecule has 0 radical (unpaired) electrons. The number of hydrogen-bond donors (Lipinski definition) is 2. The first kappa shape index (κ1) is 23.1. The van der Waals surface area contributed by atoms with Crippen molar-refractivity contribution in [3.63, 3.8) is 0 Å². The Bertz CT molecular complexity index is 681. The van der Waals surface area contributed by atoms with Crippen molar-refractivity contribution in [2.24, 2.45) is 34.0 Å². The summed E-state index contributed by atoms with van der Waals surface area (Å²) < 4.78 is 19.5. The van der Waals surface area contributed by atoms with E-state index in [1.807, 2.05) is 43.6 Å². The van der Waals surface area contributed by atoms with E-state index in [1.54, 1.807) is 4.68 Å². The van der Waals surface area contributed by atoms with Gasteiger partial charge in [0.05, 0.1) is 19.1 Å². The van der Waals surface area contributed by atoms with Gasteiger partial charge in [-0.3, -0.25) is 4.68 Å². The number of nitrogens with zero attached hydrogens (tertiary/aromatic N) is 5. The zero-order valence-corrected chi connectivity index (χ0v) is 15.3. The highest BCUT2D eigenvalue weighted by Gasteiger charge is 2.02. The monoisotopic (exact) mass is 363 g/mol. The van der Waals surface area contributed by atoms with Crippen molar-refractivity contribution in [1.29, 1.82) is 0 Å². The van der Waals surface area contributed by atoms with Crippen molar-refractivity contribution in [3.05, 3.63) is 48.4 Å². The molecular formula is C17H26FN7O. The molecular weight excluding hydrogens is 337 g/mol. The van der Waals surface area contributed by atoms with E-state index < -0.39 is 0 Å². The molecule has 2 rings (SSSR count). The van der Waals surface area contributed by atoms with Crippen molar-refractivity contribution in [3.8, 4) is 17.0 Å². The topological polar surface area (TPSA) is 116 Å². The van der Waals surface area contributed by atoms with Gasteiger partial charge in [0, 0.05) is 37.6 Å². The summed E-state index contributed by atoms with van der Waals surface area (Å²) in [4.78, 5) is 0. The van der Waals surface area contributed by atoms with Crippen LogP contribution >= 0.6 is 0 Å². The molecule has 0 aliphatic heterocycles. The molecule has 0 fully saturated rings. The van der Waals surface area contributed by atoms with E-state index in [2.05, 4.69) is 33.0 Å². The summed E-state index contributed by atoms with van der Waals surface area (Å²) in [5.41, 5.74) is 12.2. The van der Waals surface area contributed by atoms with Crippen molar-refractivity contribution >= 4 is 6.72 Å². The second kappa shape index (κ2) is 14.4. The van der Waals surface area contributed by atoms with Gasteiger partial charge < -0.3 is 16.2 Å². The Morgan fingerprint density at radius 2 is 1.96 bits per heavy atom. The fourth-order valence-electron chi connectivity index (χ4n) is 1.67. The molecule has 0 bridgehead atoms. The molecule has 1 aromatic heterocycles. The largest absolute Gasteiger partial charge is 0.489 e. The molecule has 0 saturated carbocycles. The first-order valence-electron chi connectivity index (χ1n) is 7.68. The summed E-state index contributed by atoms with van der Waals surface area (Å²) >= 11 is 0. The lowest BCUT2D eigenvalue weighted by Crippen LogP contribution is -2.10. The Morgan fingerprint density at radius 1 is 1.31 bits per heavy atom. The first-order chi connectivity index (χ1) is 12.6. The maximum absolute atomic E-state index is 12.3. The molecule has 8 nitrogen and oxygen atoms in total. The maximum Gasteiger partial charge on any atom is 0.119 e. The van der Waals surface area contributed by atoms with E-state index in [0.29, 0.717) is 17.7 Å². The number of halogens is 1. The SMILES string of the molecule is C=NN=NC.CN.Cn1ccc(-c2ccc(OC/C(=C/F)CN)cc2)n1. The summed E-state index contributed by atoms with van der Waals surface area (Å²) in [6.07, 6.45) is 2.38. The van der Waals surface area contributed by atoms with Crippen LogP contribution in [0.5, 0.6) is 5.75 Å². The average Bonchev–Trinajstić information content (AvgIpc) is 3.12. The minimum absolute atomic E-state index is 0.155. The Labute approximate surface area is 153 Å². The van der Waals surface area contributed by atoms with Gasteiger partial charge in [0.1, 0.15) is 12.4 Å². The van der Waals surface area contributed by atoms with Crippen LogP contribution in [0.25, 0.3) is 11.3 Å². The van der Waals surface area contributed by atoms with E-state index in [-0.39, 0.29) is 13.2 Å². The van der Waals surface area contributed by atoms with Gasteiger partial charge in [-0.15, -0.1) is 5.10 Å². The quantitative estimate of drug-likeness (QED) is 0.466. The van der Waals surface area contributed by atoms with Gasteiger partial charge in [0.2, 0.25) is 0 Å². The summed E-state index contributed by atoms with van der Waals surface area (Å²) in [6.45, 7) is 3.36. The number of rotatable bonds is 6. The predicted octanol–water partition coefficient (Wildman–Crippen LogP) is 2.54. The van der Waals surface area contributed by atoms with E-state index in [4.69, 9.17) is 10.5 Å². The summed E-state index contributed by atoms with van der Waals surface area (Å²) in [6, 6.07) is 9.43. The number of aromatic nitrogens is 2. The third kappa shape index (κ3) is 8.81. The molecule has 0 aliphatic rings. The molecule has 2 aromatic rings. The zero-order valence-electron chi connectivity index (χ0n) is 15.3. The van der Waals surface area contributed by atoms with Crippen molar-refractivity contribution in [2.75, 3.05) is 27.2 Å². The van der Waals surface area contributed by atoms with E-state index in [1.165, 1.54) is 14.1 Å². The van der Waals surface area contributed by atoms with Crippen molar-refractivity contribution < 1.29 is 9.13 Å². The number of nitrogens with two attached hydrogens (primary N) is 2. The van der Waals surface area contributed by atoms with Crippen LogP contribution in [-0.4, -0.2) is 43.7 Å². The molecule has 0 amide bonds. The number of hydrogen-bond acceptors (Lipinski definition) is 6. The van der Waals surface area contributed by atoms with Crippen LogP contribution in [0, 0.1) is 0 Å². The van der Waals surface area contributed by atoms with Crippen LogP contribution in [0.1, 0.15) is 0 Å². The van der Waals surface area contributed by atoms with E-state index in [0.717, 1.165) is 11.3 Å². The van der Waals surface area contributed by atoms with Gasteiger partial charge >= 0.3 is 0 Å². The van der Waals surface area contributed by atoms with E-state index >= 15 is 0 Å². The molecule has 4 N–H and O–H groups in total. The second-order valence-corrected chi connectivity index (χ2v) is 4.59. The van der Waals surface area contributed by atoms with Crippen LogP contribution in [0.4, 0.5) is 4.39 Å². The molecule has 142 valence electrons. The maximum atomic E-state index is 12.3. The third-order valence-electron chi connectivity index (χ3n) is 2.86. The highest BCUT2D eigenvalue weighted by molar-refractivity contribution is 5.59. The van der Waals surface area contributed by atoms with Crippen LogP contribution in [-0.2, 0) is 7.05 Å². The normalized spacial score (nSPS) is 10.5. The van der Waals surface area contributed by atoms with Gasteiger partial charge in [-0.05, 0) is 37.4 Å². The first-order valence-corrected chi connectivity index (χ1v) is 7.68. The highest BCUT2D eigenvalue weighted by atomic mass is 19.1. The number of aryl methyl sites for hydroxylation is 1. The minimum Gasteiger partial charge on any atom is -0.489 e. The Hall–Kier alpha value is -2.91. The smallest absolute Gasteiger partial charge is 0.119 e. The lowest BCUT2D eigenvalue weighted by atomic mass is 10.1. The highest BCUT2D eigenvalue weighted by Crippen LogP contribution is 2.20. The number of benzene rings is 1. The summed E-state index contributed by atoms with van der Waals surface area (Å²) in [5, 5.41) is 13.7. The molecule has 0 unspecified atom stereocenters. The van der Waals surface area contributed by atoms with Gasteiger partial charge in [-0.25, -0.2) is 4.39 Å². The molecule has 26 heavy (non-hydrogen) atoms. The van der Waals surface area contributed by atoms with Crippen LogP contribution in [0.3, 0.4) is 0 Å². The number of ether oxygens (including phenoxy) is 1. The lowest BCUT2D eigenvalue weighted by molar-refractivity contribution is 0.347. The molecule has 0 atom stereocenters. The summed E-state index contributed by atoms with van der Waals surface area (Å²) in [5.74, 6) is 0.674. The fraction of sp³-hybridized carbons (Fsp3) is 0.294. The minimum atomic E-state index is 0.155. The van der Waals surface area contributed by atoms with Gasteiger partial charge in [0.25, 0.3) is 0 Å². The van der Waals surface area contributed by atoms with Crippen molar-refractivity contribution in [1.82, 2.24) is 9.78 Å². The average molecular weight is 363 g/mol. The van der Waals surface area contributed by atoms with Crippen LogP contribution < -0.4 is 16.2 Å². The molecule has 0 saturated heterocycles. The Kier molecular flexibility index (Phi) is 12.8. The molecule has 1 heterocycles. The van der Waals surface area contributed by atoms with Crippen molar-refractivity contribution in [2.45, 2.75) is 0 Å². The molecule has 9 heteroatoms. The van der Waals surface area contributed by atoms with Gasteiger partial charge in [-0.2, -0.15) is 10.2 Å². The third-order valence-corrected chi connectivity index (χ3v) is 2.86. The molecule has 0 spiro atoms.